The van der Waals surface area contributed by atoms with Crippen molar-refractivity contribution in [2.45, 2.75) is 192 Å². The van der Waals surface area contributed by atoms with Crippen molar-refractivity contribution in [2.75, 3.05) is 0 Å². The van der Waals surface area contributed by atoms with Crippen molar-refractivity contribution in [3.63, 3.8) is 0 Å². The van der Waals surface area contributed by atoms with Gasteiger partial charge in [0.15, 0.2) is 11.7 Å². The molecule has 2 bridgehead atoms. The number of carbonyl (C=O) groups excluding carboxylic acids is 3. The molecule has 0 spiro atoms. The predicted octanol–water partition coefficient (Wildman–Crippen LogP) is 8.48. The summed E-state index contributed by atoms with van der Waals surface area (Å²) < 4.78 is 17.3. The average Bonchev–Trinajstić information content (AvgIpc) is 2.97. The Kier molecular flexibility index (Phi) is 16.9. The van der Waals surface area contributed by atoms with Crippen molar-refractivity contribution in [1.29, 1.82) is 0 Å². The third-order valence-electron chi connectivity index (χ3n) is 8.70. The van der Waals surface area contributed by atoms with Crippen molar-refractivity contribution in [3.8, 4) is 0 Å². The number of aliphatic hydroxyl groups is 1. The van der Waals surface area contributed by atoms with Crippen LogP contribution in [0.1, 0.15) is 175 Å². The highest BCUT2D eigenvalue weighted by molar-refractivity contribution is 5.92. The van der Waals surface area contributed by atoms with E-state index in [9.17, 15) is 19.5 Å². The van der Waals surface area contributed by atoms with Crippen LogP contribution < -0.4 is 0 Å². The fraction of sp³-hybridized carbons (Fsp3) is 0.912. The number of ether oxygens (including phenoxy) is 3. The van der Waals surface area contributed by atoms with Crippen LogP contribution >= 0.6 is 0 Å². The number of hydrogen-bond donors (Lipinski definition) is 1. The summed E-state index contributed by atoms with van der Waals surface area (Å²) >= 11 is 0. The van der Waals surface area contributed by atoms with Gasteiger partial charge in [-0.1, -0.05) is 136 Å². The summed E-state index contributed by atoms with van der Waals surface area (Å²) in [4.78, 5) is 38.3. The maximum atomic E-state index is 13.0. The molecule has 0 aromatic carbocycles. The second kappa shape index (κ2) is 19.5. The molecule has 2 heterocycles. The Balaban J connectivity index is 1.81. The highest BCUT2D eigenvalue weighted by atomic mass is 16.8. The highest BCUT2D eigenvalue weighted by Crippen LogP contribution is 2.39. The quantitative estimate of drug-likeness (QED) is 0.0955. The second-order valence-electron chi connectivity index (χ2n) is 13.1. The lowest BCUT2D eigenvalue weighted by atomic mass is 9.93. The molecule has 0 aromatic rings. The Morgan fingerprint density at radius 1 is 0.683 bits per heavy atom. The van der Waals surface area contributed by atoms with Crippen molar-refractivity contribution in [2.24, 2.45) is 5.92 Å². The Labute approximate surface area is 249 Å². The van der Waals surface area contributed by atoms with Gasteiger partial charge < -0.3 is 19.3 Å². The first-order valence-corrected chi connectivity index (χ1v) is 17.1. The molecule has 3 unspecified atom stereocenters. The zero-order valence-electron chi connectivity index (χ0n) is 26.5. The first kappa shape index (κ1) is 35.6. The number of carbonyl (C=O) groups is 3. The van der Waals surface area contributed by atoms with Gasteiger partial charge >= 0.3 is 17.9 Å². The fourth-order valence-electron chi connectivity index (χ4n) is 6.13. The monoisotopic (exact) mass is 580 g/mol. The first-order valence-electron chi connectivity index (χ1n) is 17.1. The van der Waals surface area contributed by atoms with Crippen LogP contribution in [0.3, 0.4) is 0 Å². The molecule has 0 saturated carbocycles. The topological polar surface area (TPSA) is 99.1 Å². The van der Waals surface area contributed by atoms with Crippen LogP contribution in [-0.2, 0) is 28.6 Å². The molecule has 2 aliphatic heterocycles. The van der Waals surface area contributed by atoms with Crippen LogP contribution in [0.2, 0.25) is 0 Å². The summed E-state index contributed by atoms with van der Waals surface area (Å²) in [5, 5.41) is 10.8. The van der Waals surface area contributed by atoms with Gasteiger partial charge in [-0.15, -0.1) is 0 Å². The van der Waals surface area contributed by atoms with E-state index in [0.717, 1.165) is 44.9 Å². The van der Waals surface area contributed by atoms with Crippen molar-refractivity contribution < 1.29 is 33.7 Å². The fourth-order valence-corrected chi connectivity index (χ4v) is 6.13. The highest BCUT2D eigenvalue weighted by Gasteiger charge is 2.58. The lowest BCUT2D eigenvalue weighted by Crippen LogP contribution is -2.55. The van der Waals surface area contributed by atoms with Gasteiger partial charge in [-0.2, -0.15) is 0 Å². The number of hydrogen-bond acceptors (Lipinski definition) is 7. The molecule has 7 heteroatoms. The van der Waals surface area contributed by atoms with Gasteiger partial charge in [0.2, 0.25) is 0 Å². The summed E-state index contributed by atoms with van der Waals surface area (Å²) in [5.74, 6) is -3.32. The average molecular weight is 581 g/mol. The number of unbranched alkanes of at least 4 members (excludes halogenated alkanes) is 17. The van der Waals surface area contributed by atoms with Crippen LogP contribution in [0.5, 0.6) is 0 Å². The third-order valence-corrected chi connectivity index (χ3v) is 8.70. The number of fused-ring (bicyclic) bond motifs is 3. The lowest BCUT2D eigenvalue weighted by Gasteiger charge is -2.39. The minimum atomic E-state index is -2.23. The molecule has 1 N–H and O–H groups in total. The largest absolute Gasteiger partial charge is 0.454 e. The molecule has 7 nitrogen and oxygen atoms in total. The van der Waals surface area contributed by atoms with E-state index in [4.69, 9.17) is 14.2 Å². The number of rotatable bonds is 23. The molecular weight excluding hydrogens is 520 g/mol. The van der Waals surface area contributed by atoms with E-state index < -0.39 is 48.2 Å². The second-order valence-corrected chi connectivity index (χ2v) is 13.1. The molecule has 2 saturated heterocycles. The van der Waals surface area contributed by atoms with Gasteiger partial charge in [-0.3, -0.25) is 9.59 Å². The van der Waals surface area contributed by atoms with Gasteiger partial charge in [0.1, 0.15) is 0 Å². The Hall–Kier alpha value is -1.63. The summed E-state index contributed by atoms with van der Waals surface area (Å²) in [7, 11) is 0. The van der Waals surface area contributed by atoms with E-state index in [1.807, 2.05) is 0 Å². The molecule has 238 valence electrons. The minimum absolute atomic E-state index is 0.269. The van der Waals surface area contributed by atoms with Gasteiger partial charge in [-0.05, 0) is 25.2 Å². The summed E-state index contributed by atoms with van der Waals surface area (Å²) in [6.07, 6.45) is 22.1. The SMILES string of the molecule is CCCCCCCCCCCCCCCCC12OC(=O)CC(O)(CC(=O)OC1CCCCCCCC(C)C)C(=O)O2. The van der Waals surface area contributed by atoms with E-state index in [1.54, 1.807) is 0 Å². The van der Waals surface area contributed by atoms with E-state index in [0.29, 0.717) is 18.8 Å². The summed E-state index contributed by atoms with van der Waals surface area (Å²) in [6.45, 7) is 6.72. The molecule has 2 fully saturated rings. The molecule has 0 radical (unpaired) electrons. The van der Waals surface area contributed by atoms with Crippen molar-refractivity contribution in [3.05, 3.63) is 0 Å². The standard InChI is InChI=1S/C34H60O7/c1-4-5-6-7-8-9-10-11-12-13-14-15-19-22-25-34-29(24-21-18-16-17-20-23-28(2)3)39-30(35)26-33(38,32(37)41-34)27-31(36)40-34/h28-29,38H,4-27H2,1-3H3. The van der Waals surface area contributed by atoms with Crippen LogP contribution in [0, 0.1) is 5.92 Å². The van der Waals surface area contributed by atoms with Crippen LogP contribution in [0.25, 0.3) is 0 Å². The molecular formula is C34H60O7. The maximum Gasteiger partial charge on any atom is 0.342 e. The van der Waals surface area contributed by atoms with E-state index in [2.05, 4.69) is 20.8 Å². The molecule has 0 amide bonds. The van der Waals surface area contributed by atoms with Gasteiger partial charge in [0.25, 0.3) is 5.79 Å². The molecule has 0 aliphatic carbocycles. The van der Waals surface area contributed by atoms with Crippen LogP contribution in [-0.4, -0.2) is 40.5 Å². The number of cyclic esters (lactones) is 1. The van der Waals surface area contributed by atoms with Crippen LogP contribution in [0.4, 0.5) is 0 Å². The lowest BCUT2D eigenvalue weighted by molar-refractivity contribution is -0.273. The van der Waals surface area contributed by atoms with Crippen molar-refractivity contribution >= 4 is 17.9 Å². The molecule has 3 atom stereocenters. The van der Waals surface area contributed by atoms with E-state index in [1.165, 1.54) is 77.0 Å². The molecule has 41 heavy (non-hydrogen) atoms. The number of esters is 3. The normalized spacial score (nSPS) is 24.5. The van der Waals surface area contributed by atoms with E-state index >= 15 is 0 Å². The third kappa shape index (κ3) is 13.5. The van der Waals surface area contributed by atoms with Crippen molar-refractivity contribution in [1.82, 2.24) is 0 Å². The zero-order chi connectivity index (χ0) is 30.0. The van der Waals surface area contributed by atoms with Gasteiger partial charge in [0, 0.05) is 6.42 Å². The van der Waals surface area contributed by atoms with Gasteiger partial charge in [0.05, 0.1) is 12.8 Å². The van der Waals surface area contributed by atoms with Gasteiger partial charge in [-0.25, -0.2) is 4.79 Å². The Bertz CT molecular complexity index is 766. The Morgan fingerprint density at radius 3 is 1.73 bits per heavy atom. The summed E-state index contributed by atoms with van der Waals surface area (Å²) in [5.41, 5.74) is -2.23. The van der Waals surface area contributed by atoms with E-state index in [-0.39, 0.29) is 6.42 Å². The predicted molar refractivity (Wildman–Crippen MR) is 161 cm³/mol. The van der Waals surface area contributed by atoms with Crippen LogP contribution in [0.15, 0.2) is 0 Å². The zero-order valence-corrected chi connectivity index (χ0v) is 26.5. The minimum Gasteiger partial charge on any atom is -0.454 e. The molecule has 2 aliphatic rings. The summed E-state index contributed by atoms with van der Waals surface area (Å²) in [6, 6.07) is 0. The molecule has 2 rings (SSSR count). The molecule has 0 aromatic heterocycles. The Morgan fingerprint density at radius 2 is 1.17 bits per heavy atom. The maximum absolute atomic E-state index is 13.0. The first-order chi connectivity index (χ1) is 19.7. The smallest absolute Gasteiger partial charge is 0.342 e.